The van der Waals surface area contributed by atoms with Crippen molar-refractivity contribution in [1.29, 1.82) is 0 Å². The molecule has 7 heteroatoms. The molecule has 0 spiro atoms. The summed E-state index contributed by atoms with van der Waals surface area (Å²) in [4.78, 5) is 11.8. The van der Waals surface area contributed by atoms with E-state index < -0.39 is 17.0 Å². The van der Waals surface area contributed by atoms with Gasteiger partial charge in [-0.3, -0.25) is 4.79 Å². The van der Waals surface area contributed by atoms with Crippen molar-refractivity contribution in [2.24, 2.45) is 22.5 Å². The summed E-state index contributed by atoms with van der Waals surface area (Å²) in [5.41, 5.74) is 3.20. The molecule has 1 aliphatic heterocycles. The van der Waals surface area contributed by atoms with Crippen LogP contribution in [0.15, 0.2) is 0 Å². The molecule has 4 nitrogen and oxygen atoms in total. The van der Waals surface area contributed by atoms with Gasteiger partial charge in [0.15, 0.2) is 0 Å². The number of fused-ring (bicyclic) bond motifs is 1. The third-order valence-electron chi connectivity index (χ3n) is 5.33. The summed E-state index contributed by atoms with van der Waals surface area (Å²) in [5.74, 6) is 0.155. The van der Waals surface area contributed by atoms with Gasteiger partial charge in [-0.25, -0.2) is 0 Å². The Bertz CT molecular complexity index is 422. The monoisotopic (exact) mass is 291 g/mol. The van der Waals surface area contributed by atoms with Gasteiger partial charge in [0, 0.05) is 37.5 Å². The van der Waals surface area contributed by atoms with Crippen LogP contribution in [0.1, 0.15) is 25.7 Å². The lowest BCUT2D eigenvalue weighted by Crippen LogP contribution is -2.41. The van der Waals surface area contributed by atoms with Crippen molar-refractivity contribution in [3.05, 3.63) is 0 Å². The van der Waals surface area contributed by atoms with E-state index in [1.165, 1.54) is 0 Å². The molecule has 1 amide bonds. The molecule has 2 aliphatic carbocycles. The predicted molar refractivity (Wildman–Crippen MR) is 66.7 cm³/mol. The number of nitrogens with two attached hydrogens (primary N) is 1. The molecule has 1 saturated heterocycles. The van der Waals surface area contributed by atoms with Crippen LogP contribution in [-0.4, -0.2) is 37.8 Å². The summed E-state index contributed by atoms with van der Waals surface area (Å²) in [6, 6.07) is 0.187. The number of alkyl halides is 3. The molecule has 3 aliphatic rings. The Kier molecular flexibility index (Phi) is 3.06. The SMILES string of the molecule is NC1CC(CC(=O)NC[C@@]23CNC[C@]2(C(F)(F)F)C3)C1. The molecular formula is C13H20F3N3O. The molecule has 2 saturated carbocycles. The minimum atomic E-state index is -4.19. The summed E-state index contributed by atoms with van der Waals surface area (Å²) in [6.45, 7) is 0.433. The van der Waals surface area contributed by atoms with E-state index in [1.807, 2.05) is 0 Å². The van der Waals surface area contributed by atoms with Gasteiger partial charge in [0.25, 0.3) is 0 Å². The summed E-state index contributed by atoms with van der Waals surface area (Å²) in [6.07, 6.45) is -2.00. The molecule has 1 heterocycles. The number of hydrogen-bond acceptors (Lipinski definition) is 3. The van der Waals surface area contributed by atoms with Gasteiger partial charge in [0.05, 0.1) is 5.41 Å². The van der Waals surface area contributed by atoms with E-state index in [9.17, 15) is 18.0 Å². The highest BCUT2D eigenvalue weighted by Gasteiger charge is 2.81. The first-order chi connectivity index (χ1) is 9.28. The Morgan fingerprint density at radius 2 is 2.05 bits per heavy atom. The maximum atomic E-state index is 13.1. The van der Waals surface area contributed by atoms with E-state index in [2.05, 4.69) is 10.6 Å². The van der Waals surface area contributed by atoms with E-state index >= 15 is 0 Å². The molecule has 3 rings (SSSR count). The van der Waals surface area contributed by atoms with Crippen LogP contribution in [0.3, 0.4) is 0 Å². The Balaban J connectivity index is 1.51. The normalized spacial score (nSPS) is 42.8. The quantitative estimate of drug-likeness (QED) is 0.717. The van der Waals surface area contributed by atoms with Crippen LogP contribution in [0.4, 0.5) is 13.2 Å². The lowest BCUT2D eigenvalue weighted by Gasteiger charge is -2.32. The van der Waals surface area contributed by atoms with Gasteiger partial charge >= 0.3 is 6.18 Å². The van der Waals surface area contributed by atoms with Gasteiger partial charge in [-0.2, -0.15) is 13.2 Å². The number of halogens is 3. The van der Waals surface area contributed by atoms with Crippen LogP contribution in [0, 0.1) is 16.7 Å². The van der Waals surface area contributed by atoms with Gasteiger partial charge in [-0.1, -0.05) is 0 Å². The highest BCUT2D eigenvalue weighted by atomic mass is 19.4. The van der Waals surface area contributed by atoms with E-state index in [1.54, 1.807) is 0 Å². The zero-order chi connectivity index (χ0) is 14.6. The molecule has 20 heavy (non-hydrogen) atoms. The van der Waals surface area contributed by atoms with Crippen molar-refractivity contribution in [3.8, 4) is 0 Å². The molecule has 4 N–H and O–H groups in total. The smallest absolute Gasteiger partial charge is 0.355 e. The van der Waals surface area contributed by atoms with Crippen molar-refractivity contribution in [1.82, 2.24) is 10.6 Å². The van der Waals surface area contributed by atoms with Gasteiger partial charge in [-0.05, 0) is 25.2 Å². The molecule has 0 unspecified atom stereocenters. The van der Waals surface area contributed by atoms with Gasteiger partial charge < -0.3 is 16.4 Å². The van der Waals surface area contributed by atoms with E-state index in [4.69, 9.17) is 5.73 Å². The van der Waals surface area contributed by atoms with Crippen molar-refractivity contribution < 1.29 is 18.0 Å². The number of piperidine rings is 1. The lowest BCUT2D eigenvalue weighted by atomic mass is 9.78. The zero-order valence-corrected chi connectivity index (χ0v) is 11.2. The standard InChI is InChI=1S/C13H20F3N3O/c14-13(15,16)12-4-11(12,5-18-7-12)6-19-10(20)3-8-1-9(17)2-8/h8-9,18H,1-7,17H2,(H,19,20)/t8?,9?,11-,12-/m1/s1. The number of carbonyl (C=O) groups excluding carboxylic acids is 1. The minimum absolute atomic E-state index is 0.0240. The van der Waals surface area contributed by atoms with Crippen LogP contribution in [0.25, 0.3) is 0 Å². The molecule has 0 radical (unpaired) electrons. The summed E-state index contributed by atoms with van der Waals surface area (Å²) in [5, 5.41) is 5.51. The van der Waals surface area contributed by atoms with Crippen molar-refractivity contribution in [2.75, 3.05) is 19.6 Å². The molecule has 2 atom stereocenters. The van der Waals surface area contributed by atoms with Gasteiger partial charge in [-0.15, -0.1) is 0 Å². The lowest BCUT2D eigenvalue weighted by molar-refractivity contribution is -0.190. The van der Waals surface area contributed by atoms with E-state index in [0.29, 0.717) is 18.9 Å². The van der Waals surface area contributed by atoms with Crippen LogP contribution < -0.4 is 16.4 Å². The Morgan fingerprint density at radius 1 is 1.35 bits per heavy atom. The molecule has 0 bridgehead atoms. The van der Waals surface area contributed by atoms with Crippen molar-refractivity contribution in [3.63, 3.8) is 0 Å². The highest BCUT2D eigenvalue weighted by Crippen LogP contribution is 2.72. The largest absolute Gasteiger partial charge is 0.396 e. The number of hydrogen-bond donors (Lipinski definition) is 3. The predicted octanol–water partition coefficient (Wildman–Crippen LogP) is 0.772. The first-order valence-corrected chi connectivity index (χ1v) is 7.08. The first kappa shape index (κ1) is 14.1. The fraction of sp³-hybridized carbons (Fsp3) is 0.923. The molecule has 0 aromatic heterocycles. The van der Waals surface area contributed by atoms with Crippen LogP contribution in [0.2, 0.25) is 0 Å². The Hall–Kier alpha value is -0.820. The first-order valence-electron chi connectivity index (χ1n) is 7.08. The average Bonchev–Trinajstić information content (AvgIpc) is 2.83. The zero-order valence-electron chi connectivity index (χ0n) is 11.2. The highest BCUT2D eigenvalue weighted by molar-refractivity contribution is 5.76. The molecular weight excluding hydrogens is 271 g/mol. The number of rotatable bonds is 4. The van der Waals surface area contributed by atoms with Gasteiger partial charge in [0.1, 0.15) is 0 Å². The Morgan fingerprint density at radius 3 is 2.60 bits per heavy atom. The van der Waals surface area contributed by atoms with Crippen molar-refractivity contribution in [2.45, 2.75) is 37.9 Å². The molecule has 0 aromatic rings. The van der Waals surface area contributed by atoms with Crippen LogP contribution in [-0.2, 0) is 4.79 Å². The second-order valence-corrected chi connectivity index (χ2v) is 6.72. The maximum absolute atomic E-state index is 13.1. The fourth-order valence-electron chi connectivity index (χ4n) is 3.88. The Labute approximate surface area is 115 Å². The van der Waals surface area contributed by atoms with Crippen molar-refractivity contribution >= 4 is 5.91 Å². The maximum Gasteiger partial charge on any atom is 0.396 e. The van der Waals surface area contributed by atoms with Crippen LogP contribution >= 0.6 is 0 Å². The number of amides is 1. The van der Waals surface area contributed by atoms with Crippen LogP contribution in [0.5, 0.6) is 0 Å². The number of nitrogens with one attached hydrogen (secondary N) is 2. The van der Waals surface area contributed by atoms with E-state index in [-0.39, 0.29) is 31.5 Å². The average molecular weight is 291 g/mol. The van der Waals surface area contributed by atoms with E-state index in [0.717, 1.165) is 12.8 Å². The summed E-state index contributed by atoms with van der Waals surface area (Å²) < 4.78 is 39.3. The minimum Gasteiger partial charge on any atom is -0.355 e. The third kappa shape index (κ3) is 2.02. The third-order valence-corrected chi connectivity index (χ3v) is 5.33. The molecule has 0 aromatic carbocycles. The summed E-state index contributed by atoms with van der Waals surface area (Å²) >= 11 is 0. The summed E-state index contributed by atoms with van der Waals surface area (Å²) in [7, 11) is 0. The number of carbonyl (C=O) groups is 1. The fourth-order valence-corrected chi connectivity index (χ4v) is 3.88. The van der Waals surface area contributed by atoms with Gasteiger partial charge in [0.2, 0.25) is 5.91 Å². The second-order valence-electron chi connectivity index (χ2n) is 6.72. The molecule has 114 valence electrons. The topological polar surface area (TPSA) is 67.2 Å². The second kappa shape index (κ2) is 4.34. The molecule has 3 fully saturated rings.